The number of nitrogens with zero attached hydrogens (tertiary/aromatic N) is 3. The Bertz CT molecular complexity index is 490. The van der Waals surface area contributed by atoms with Crippen molar-refractivity contribution < 1.29 is 0 Å². The summed E-state index contributed by atoms with van der Waals surface area (Å²) in [4.78, 5) is 9.99. The van der Waals surface area contributed by atoms with Crippen LogP contribution in [0.1, 0.15) is 24.1 Å². The summed E-state index contributed by atoms with van der Waals surface area (Å²) in [5.74, 6) is 0.961. The van der Waals surface area contributed by atoms with Gasteiger partial charge in [-0.1, -0.05) is 12.2 Å². The molecule has 2 heterocycles. The predicted octanol–water partition coefficient (Wildman–Crippen LogP) is 1.31. The van der Waals surface area contributed by atoms with E-state index in [2.05, 4.69) is 14.8 Å². The molecule has 1 saturated heterocycles. The number of piperazine rings is 1. The van der Waals surface area contributed by atoms with Gasteiger partial charge in [0.1, 0.15) is 10.8 Å². The molecule has 1 aliphatic heterocycles. The third-order valence-electron chi connectivity index (χ3n) is 3.96. The Morgan fingerprint density at radius 3 is 2.53 bits per heavy atom. The zero-order valence-corrected chi connectivity index (χ0v) is 12.1. The van der Waals surface area contributed by atoms with Crippen molar-refractivity contribution >= 4 is 23.0 Å². The van der Waals surface area contributed by atoms with Crippen LogP contribution in [0.3, 0.4) is 0 Å². The minimum absolute atomic E-state index is 0.437. The second-order valence-electron chi connectivity index (χ2n) is 5.44. The topological polar surface area (TPSA) is 45.4 Å². The lowest BCUT2D eigenvalue weighted by molar-refractivity contribution is 0.247. The second-order valence-corrected chi connectivity index (χ2v) is 5.88. The lowest BCUT2D eigenvalue weighted by Crippen LogP contribution is -2.48. The highest BCUT2D eigenvalue weighted by atomic mass is 32.1. The number of nitrogens with two attached hydrogens (primary N) is 1. The maximum atomic E-state index is 5.81. The third-order valence-corrected chi connectivity index (χ3v) is 4.18. The van der Waals surface area contributed by atoms with E-state index in [9.17, 15) is 0 Å². The first-order valence-electron chi connectivity index (χ1n) is 6.91. The van der Waals surface area contributed by atoms with Crippen LogP contribution in [-0.2, 0) is 0 Å². The van der Waals surface area contributed by atoms with Crippen molar-refractivity contribution in [3.63, 3.8) is 0 Å². The summed E-state index contributed by atoms with van der Waals surface area (Å²) >= 11 is 5.14. The molecule has 1 aromatic rings. The summed E-state index contributed by atoms with van der Waals surface area (Å²) in [5, 5.41) is 0. The number of hydrogen-bond donors (Lipinski definition) is 1. The largest absolute Gasteiger partial charge is 0.389 e. The normalized spacial score (nSPS) is 20.6. The molecule has 102 valence electrons. The molecule has 1 aliphatic carbocycles. The van der Waals surface area contributed by atoms with Crippen molar-refractivity contribution in [1.82, 2.24) is 9.88 Å². The lowest BCUT2D eigenvalue weighted by Gasteiger charge is -2.36. The van der Waals surface area contributed by atoms with Crippen LogP contribution in [-0.4, -0.2) is 47.1 Å². The molecule has 0 atom stereocenters. The van der Waals surface area contributed by atoms with Crippen LogP contribution in [0.2, 0.25) is 0 Å². The molecule has 2 N–H and O–H groups in total. The maximum Gasteiger partial charge on any atom is 0.139 e. The monoisotopic (exact) mass is 276 g/mol. The number of rotatable bonds is 3. The van der Waals surface area contributed by atoms with E-state index in [1.165, 1.54) is 12.8 Å². The van der Waals surface area contributed by atoms with Gasteiger partial charge in [0.15, 0.2) is 0 Å². The van der Waals surface area contributed by atoms with Gasteiger partial charge in [-0.25, -0.2) is 4.98 Å². The van der Waals surface area contributed by atoms with Crippen LogP contribution in [0.5, 0.6) is 0 Å². The molecule has 2 aliphatic rings. The summed E-state index contributed by atoms with van der Waals surface area (Å²) in [6, 6.07) is 4.81. The number of anilines is 1. The molecule has 3 rings (SSSR count). The van der Waals surface area contributed by atoms with Crippen LogP contribution in [0.4, 0.5) is 5.82 Å². The molecule has 0 spiro atoms. The van der Waals surface area contributed by atoms with Gasteiger partial charge in [-0.15, -0.1) is 0 Å². The zero-order chi connectivity index (χ0) is 13.4. The molecule has 1 saturated carbocycles. The standard InChI is InChI=1S/C14H20N4S/c1-10-2-5-12(13(15)19)14(16-10)18-8-6-17(7-9-18)11-3-4-11/h2,5,11H,3-4,6-9H2,1H3,(H2,15,19). The van der Waals surface area contributed by atoms with E-state index in [1.807, 2.05) is 19.1 Å². The van der Waals surface area contributed by atoms with Gasteiger partial charge in [0.25, 0.3) is 0 Å². The Morgan fingerprint density at radius 2 is 1.95 bits per heavy atom. The molecule has 0 unspecified atom stereocenters. The highest BCUT2D eigenvalue weighted by Gasteiger charge is 2.31. The molecular weight excluding hydrogens is 256 g/mol. The van der Waals surface area contributed by atoms with Crippen molar-refractivity contribution in [3.8, 4) is 0 Å². The first-order valence-corrected chi connectivity index (χ1v) is 7.32. The summed E-state index contributed by atoms with van der Waals surface area (Å²) in [7, 11) is 0. The van der Waals surface area contributed by atoms with E-state index in [1.54, 1.807) is 0 Å². The fourth-order valence-electron chi connectivity index (χ4n) is 2.71. The molecular formula is C14H20N4S. The van der Waals surface area contributed by atoms with E-state index in [-0.39, 0.29) is 0 Å². The van der Waals surface area contributed by atoms with Gasteiger partial charge >= 0.3 is 0 Å². The van der Waals surface area contributed by atoms with E-state index in [0.29, 0.717) is 4.99 Å². The van der Waals surface area contributed by atoms with Crippen molar-refractivity contribution in [3.05, 3.63) is 23.4 Å². The van der Waals surface area contributed by atoms with Crippen LogP contribution >= 0.6 is 12.2 Å². The predicted molar refractivity (Wildman–Crippen MR) is 81.7 cm³/mol. The van der Waals surface area contributed by atoms with Crippen LogP contribution in [0.15, 0.2) is 12.1 Å². The van der Waals surface area contributed by atoms with Crippen molar-refractivity contribution in [2.24, 2.45) is 5.73 Å². The van der Waals surface area contributed by atoms with E-state index in [0.717, 1.165) is 49.3 Å². The Hall–Kier alpha value is -1.20. The van der Waals surface area contributed by atoms with E-state index < -0.39 is 0 Å². The highest BCUT2D eigenvalue weighted by Crippen LogP contribution is 2.28. The summed E-state index contributed by atoms with van der Waals surface area (Å²) in [6.45, 7) is 6.28. The average Bonchev–Trinajstić information content (AvgIpc) is 3.23. The van der Waals surface area contributed by atoms with Gasteiger partial charge in [-0.05, 0) is 31.9 Å². The van der Waals surface area contributed by atoms with Crippen LogP contribution in [0.25, 0.3) is 0 Å². The quantitative estimate of drug-likeness (QED) is 0.843. The van der Waals surface area contributed by atoms with E-state index >= 15 is 0 Å². The smallest absolute Gasteiger partial charge is 0.139 e. The Balaban J connectivity index is 1.78. The first kappa shape index (κ1) is 12.8. The first-order chi connectivity index (χ1) is 9.15. The number of thiocarbonyl (C=S) groups is 1. The molecule has 0 aromatic carbocycles. The fourth-order valence-corrected chi connectivity index (χ4v) is 2.87. The Morgan fingerprint density at radius 1 is 1.26 bits per heavy atom. The highest BCUT2D eigenvalue weighted by molar-refractivity contribution is 7.80. The van der Waals surface area contributed by atoms with Crippen LogP contribution < -0.4 is 10.6 Å². The van der Waals surface area contributed by atoms with Gasteiger partial charge in [-0.3, -0.25) is 4.90 Å². The zero-order valence-electron chi connectivity index (χ0n) is 11.3. The van der Waals surface area contributed by atoms with Crippen molar-refractivity contribution in [2.45, 2.75) is 25.8 Å². The second kappa shape index (κ2) is 5.06. The molecule has 2 fully saturated rings. The molecule has 0 bridgehead atoms. The summed E-state index contributed by atoms with van der Waals surface area (Å²) in [5.41, 5.74) is 7.73. The molecule has 4 nitrogen and oxygen atoms in total. The third kappa shape index (κ3) is 2.72. The molecule has 5 heteroatoms. The Labute approximate surface area is 119 Å². The van der Waals surface area contributed by atoms with Gasteiger partial charge in [0, 0.05) is 37.9 Å². The van der Waals surface area contributed by atoms with Gasteiger partial charge in [-0.2, -0.15) is 0 Å². The summed E-state index contributed by atoms with van der Waals surface area (Å²) < 4.78 is 0. The minimum Gasteiger partial charge on any atom is -0.389 e. The fraction of sp³-hybridized carbons (Fsp3) is 0.571. The Kier molecular flexibility index (Phi) is 3.41. The van der Waals surface area contributed by atoms with Gasteiger partial charge in [0.05, 0.1) is 5.56 Å². The maximum absolute atomic E-state index is 5.81. The molecule has 19 heavy (non-hydrogen) atoms. The van der Waals surface area contributed by atoms with Crippen molar-refractivity contribution in [1.29, 1.82) is 0 Å². The summed E-state index contributed by atoms with van der Waals surface area (Å²) in [6.07, 6.45) is 2.75. The number of aromatic nitrogens is 1. The number of aryl methyl sites for hydroxylation is 1. The number of pyridine rings is 1. The van der Waals surface area contributed by atoms with Gasteiger partial charge in [0.2, 0.25) is 0 Å². The average molecular weight is 276 g/mol. The van der Waals surface area contributed by atoms with Gasteiger partial charge < -0.3 is 10.6 Å². The molecule has 0 radical (unpaired) electrons. The lowest BCUT2D eigenvalue weighted by atomic mass is 10.2. The molecule has 0 amide bonds. The molecule has 1 aromatic heterocycles. The number of hydrogen-bond acceptors (Lipinski definition) is 4. The minimum atomic E-state index is 0.437. The van der Waals surface area contributed by atoms with Crippen LogP contribution in [0, 0.1) is 6.92 Å². The van der Waals surface area contributed by atoms with Crippen molar-refractivity contribution in [2.75, 3.05) is 31.1 Å². The SMILES string of the molecule is Cc1ccc(C(N)=S)c(N2CCN(C3CC3)CC2)n1. The van der Waals surface area contributed by atoms with E-state index in [4.69, 9.17) is 18.0 Å².